The molecule has 10 heavy (non-hydrogen) atoms. The van der Waals surface area contributed by atoms with E-state index in [0.29, 0.717) is 24.3 Å². The van der Waals surface area contributed by atoms with Gasteiger partial charge in [0, 0.05) is 12.5 Å². The van der Waals surface area contributed by atoms with E-state index in [0.717, 1.165) is 0 Å². The molecule has 0 aliphatic carbocycles. The average Bonchev–Trinajstić information content (AvgIpc) is 2.36. The van der Waals surface area contributed by atoms with Gasteiger partial charge < -0.3 is 9.15 Å². The highest BCUT2D eigenvalue weighted by Gasteiger charge is 2.15. The molecule has 0 radical (unpaired) electrons. The summed E-state index contributed by atoms with van der Waals surface area (Å²) in [6.45, 7) is 0.601. The molecule has 0 spiro atoms. The SMILES string of the molecule is O=c1occc2c1CCO2. The van der Waals surface area contributed by atoms with Crippen LogP contribution in [0.4, 0.5) is 0 Å². The lowest BCUT2D eigenvalue weighted by Crippen LogP contribution is -2.02. The van der Waals surface area contributed by atoms with Crippen LogP contribution in [0.15, 0.2) is 21.5 Å². The summed E-state index contributed by atoms with van der Waals surface area (Å²) in [5, 5.41) is 0. The van der Waals surface area contributed by atoms with Crippen molar-refractivity contribution in [2.75, 3.05) is 6.61 Å². The highest BCUT2D eigenvalue weighted by molar-refractivity contribution is 5.31. The molecule has 1 aliphatic heterocycles. The summed E-state index contributed by atoms with van der Waals surface area (Å²) in [6, 6.07) is 1.67. The van der Waals surface area contributed by atoms with Gasteiger partial charge in [-0.25, -0.2) is 4.79 Å². The van der Waals surface area contributed by atoms with Gasteiger partial charge in [-0.2, -0.15) is 0 Å². The van der Waals surface area contributed by atoms with Gasteiger partial charge >= 0.3 is 5.63 Å². The summed E-state index contributed by atoms with van der Waals surface area (Å²) in [4.78, 5) is 10.9. The van der Waals surface area contributed by atoms with Gasteiger partial charge in [-0.3, -0.25) is 0 Å². The van der Waals surface area contributed by atoms with E-state index in [9.17, 15) is 4.79 Å². The lowest BCUT2D eigenvalue weighted by atomic mass is 10.2. The molecule has 3 nitrogen and oxygen atoms in total. The Morgan fingerprint density at radius 2 is 2.40 bits per heavy atom. The maximum atomic E-state index is 10.9. The van der Waals surface area contributed by atoms with Gasteiger partial charge in [-0.05, 0) is 0 Å². The lowest BCUT2D eigenvalue weighted by molar-refractivity contribution is 0.355. The highest BCUT2D eigenvalue weighted by atomic mass is 16.5. The summed E-state index contributed by atoms with van der Waals surface area (Å²) in [5.74, 6) is 0.677. The Morgan fingerprint density at radius 1 is 1.50 bits per heavy atom. The van der Waals surface area contributed by atoms with Crippen molar-refractivity contribution in [3.63, 3.8) is 0 Å². The molecule has 3 heteroatoms. The molecule has 52 valence electrons. The zero-order valence-electron chi connectivity index (χ0n) is 5.29. The Balaban J connectivity index is 2.70. The third-order valence-electron chi connectivity index (χ3n) is 1.55. The Bertz CT molecular complexity index is 300. The van der Waals surface area contributed by atoms with Gasteiger partial charge in [0.2, 0.25) is 0 Å². The van der Waals surface area contributed by atoms with Crippen LogP contribution in [-0.2, 0) is 6.42 Å². The molecule has 2 heterocycles. The monoisotopic (exact) mass is 138 g/mol. The minimum Gasteiger partial charge on any atom is -0.493 e. The van der Waals surface area contributed by atoms with Crippen molar-refractivity contribution < 1.29 is 9.15 Å². The summed E-state index contributed by atoms with van der Waals surface area (Å²) < 4.78 is 9.75. The molecular weight excluding hydrogens is 132 g/mol. The molecule has 0 saturated heterocycles. The fourth-order valence-corrected chi connectivity index (χ4v) is 1.05. The van der Waals surface area contributed by atoms with Gasteiger partial charge in [-0.1, -0.05) is 0 Å². The number of rotatable bonds is 0. The van der Waals surface area contributed by atoms with Gasteiger partial charge in [-0.15, -0.1) is 0 Å². The molecule has 0 bridgehead atoms. The quantitative estimate of drug-likeness (QED) is 0.526. The van der Waals surface area contributed by atoms with E-state index < -0.39 is 0 Å². The molecule has 0 N–H and O–H groups in total. The average molecular weight is 138 g/mol. The number of fused-ring (bicyclic) bond motifs is 1. The van der Waals surface area contributed by atoms with E-state index in [1.54, 1.807) is 6.07 Å². The standard InChI is InChI=1S/C7H6O3/c8-7-5-1-3-9-6(5)2-4-10-7/h2,4H,1,3H2. The van der Waals surface area contributed by atoms with E-state index in [2.05, 4.69) is 4.42 Å². The minimum absolute atomic E-state index is 0.269. The fraction of sp³-hybridized carbons (Fsp3) is 0.286. The first-order valence-corrected chi connectivity index (χ1v) is 3.11. The largest absolute Gasteiger partial charge is 0.493 e. The second kappa shape index (κ2) is 1.87. The fourth-order valence-electron chi connectivity index (χ4n) is 1.05. The van der Waals surface area contributed by atoms with Crippen LogP contribution in [0.2, 0.25) is 0 Å². The van der Waals surface area contributed by atoms with Crippen molar-refractivity contribution >= 4 is 0 Å². The van der Waals surface area contributed by atoms with Gasteiger partial charge in [0.25, 0.3) is 0 Å². The van der Waals surface area contributed by atoms with Crippen molar-refractivity contribution in [2.24, 2.45) is 0 Å². The summed E-state index contributed by atoms with van der Waals surface area (Å²) in [6.07, 6.45) is 2.03. The maximum Gasteiger partial charge on any atom is 0.342 e. The lowest BCUT2D eigenvalue weighted by Gasteiger charge is -1.92. The van der Waals surface area contributed by atoms with Crippen LogP contribution in [0.3, 0.4) is 0 Å². The molecule has 1 aromatic rings. The molecule has 1 aliphatic rings. The van der Waals surface area contributed by atoms with Crippen molar-refractivity contribution in [3.05, 3.63) is 28.3 Å². The molecule has 2 rings (SSSR count). The highest BCUT2D eigenvalue weighted by Crippen LogP contribution is 2.19. The van der Waals surface area contributed by atoms with Gasteiger partial charge in [0.1, 0.15) is 5.75 Å². The first-order chi connectivity index (χ1) is 4.88. The Kier molecular flexibility index (Phi) is 1.03. The molecule has 0 atom stereocenters. The summed E-state index contributed by atoms with van der Waals surface area (Å²) in [7, 11) is 0. The number of ether oxygens (including phenoxy) is 1. The van der Waals surface area contributed by atoms with Gasteiger partial charge in [0.15, 0.2) is 0 Å². The Labute approximate surface area is 57.2 Å². The first-order valence-electron chi connectivity index (χ1n) is 3.11. The van der Waals surface area contributed by atoms with Crippen LogP contribution < -0.4 is 10.4 Å². The van der Waals surface area contributed by atoms with Crippen LogP contribution in [0.1, 0.15) is 5.56 Å². The zero-order chi connectivity index (χ0) is 6.97. The van der Waals surface area contributed by atoms with Crippen LogP contribution in [0, 0.1) is 0 Å². The van der Waals surface area contributed by atoms with E-state index in [4.69, 9.17) is 4.74 Å². The van der Waals surface area contributed by atoms with Crippen molar-refractivity contribution in [2.45, 2.75) is 6.42 Å². The van der Waals surface area contributed by atoms with Crippen LogP contribution >= 0.6 is 0 Å². The van der Waals surface area contributed by atoms with Crippen molar-refractivity contribution in [1.82, 2.24) is 0 Å². The van der Waals surface area contributed by atoms with Crippen molar-refractivity contribution in [3.8, 4) is 5.75 Å². The summed E-state index contributed by atoms with van der Waals surface area (Å²) >= 11 is 0. The predicted molar refractivity (Wildman–Crippen MR) is 34.2 cm³/mol. The van der Waals surface area contributed by atoms with Crippen LogP contribution in [0.25, 0.3) is 0 Å². The van der Waals surface area contributed by atoms with E-state index >= 15 is 0 Å². The van der Waals surface area contributed by atoms with Crippen molar-refractivity contribution in [1.29, 1.82) is 0 Å². The molecule has 0 fully saturated rings. The van der Waals surface area contributed by atoms with Crippen LogP contribution in [-0.4, -0.2) is 6.61 Å². The molecule has 0 saturated carbocycles. The predicted octanol–water partition coefficient (Wildman–Crippen LogP) is 0.575. The Morgan fingerprint density at radius 3 is 3.20 bits per heavy atom. The van der Waals surface area contributed by atoms with Gasteiger partial charge in [0.05, 0.1) is 18.4 Å². The molecule has 1 aromatic heterocycles. The van der Waals surface area contributed by atoms with E-state index in [-0.39, 0.29) is 5.63 Å². The van der Waals surface area contributed by atoms with Crippen LogP contribution in [0.5, 0.6) is 5.75 Å². The zero-order valence-corrected chi connectivity index (χ0v) is 5.29. The Hall–Kier alpha value is -1.25. The number of hydrogen-bond donors (Lipinski definition) is 0. The van der Waals surface area contributed by atoms with E-state index in [1.165, 1.54) is 6.26 Å². The molecule has 0 amide bonds. The normalized spacial score (nSPS) is 14.4. The third-order valence-corrected chi connectivity index (χ3v) is 1.55. The second-order valence-corrected chi connectivity index (χ2v) is 2.15. The minimum atomic E-state index is -0.269. The van der Waals surface area contributed by atoms with E-state index in [1.807, 2.05) is 0 Å². The second-order valence-electron chi connectivity index (χ2n) is 2.15. The molecular formula is C7H6O3. The smallest absolute Gasteiger partial charge is 0.342 e. The number of hydrogen-bond acceptors (Lipinski definition) is 3. The molecule has 0 unspecified atom stereocenters. The maximum absolute atomic E-state index is 10.9. The molecule has 0 aromatic carbocycles. The topological polar surface area (TPSA) is 39.4 Å². The first kappa shape index (κ1) is 5.53. The third kappa shape index (κ3) is 0.635. The summed E-state index contributed by atoms with van der Waals surface area (Å²) in [5.41, 5.74) is 0.400.